The zero-order valence-corrected chi connectivity index (χ0v) is 41.9. The minimum Gasteiger partial charge on any atom is -0.480 e. The van der Waals surface area contributed by atoms with Gasteiger partial charge in [0, 0.05) is 26.1 Å². The van der Waals surface area contributed by atoms with E-state index in [1.165, 1.54) is 11.8 Å². The maximum atomic E-state index is 14.6. The predicted octanol–water partition coefficient (Wildman–Crippen LogP) is -0.665. The number of aryl methyl sites for hydroxylation is 1. The number of likely N-dealkylation sites (tertiary alicyclic amines) is 1. The SMILES string of the molecule is CCCC[C@H](NC(=O)[C@H](C)NC(=O)[C@H](CCCNC(=N)N)NC(=O)[C@H](CCc1ccccc1)NC(=O)[C@H](Cc1ccccc1)NC(=O)[C@H](CCCNC(=N)N)NC(=O)[C@@H]1CCCN1)C(=O)N1CCC[C@@H]1C(=O)O. The minimum absolute atomic E-state index is 0.000616. The van der Waals surface area contributed by atoms with E-state index in [0.29, 0.717) is 57.1 Å². The topological polar surface area (TPSA) is 368 Å². The van der Waals surface area contributed by atoms with Crippen LogP contribution in [-0.4, -0.2) is 144 Å². The smallest absolute Gasteiger partial charge is 0.326 e. The van der Waals surface area contributed by atoms with Gasteiger partial charge < -0.3 is 69.3 Å². The fourth-order valence-electron chi connectivity index (χ4n) is 8.71. The Hall–Kier alpha value is -7.30. The number of guanidine groups is 2. The molecular weight excluding hydrogens is 941 g/mol. The first-order valence-corrected chi connectivity index (χ1v) is 25.3. The molecule has 0 unspecified atom stereocenters. The molecule has 23 nitrogen and oxygen atoms in total. The van der Waals surface area contributed by atoms with Crippen LogP contribution in [0.25, 0.3) is 0 Å². The van der Waals surface area contributed by atoms with Crippen molar-refractivity contribution in [1.82, 2.24) is 52.8 Å². The van der Waals surface area contributed by atoms with Crippen molar-refractivity contribution in [2.75, 3.05) is 26.2 Å². The van der Waals surface area contributed by atoms with Crippen LogP contribution in [0.3, 0.4) is 0 Å². The van der Waals surface area contributed by atoms with E-state index in [9.17, 15) is 43.5 Å². The van der Waals surface area contributed by atoms with Crippen LogP contribution in [-0.2, 0) is 51.2 Å². The lowest BCUT2D eigenvalue weighted by Crippen LogP contribution is -2.60. The summed E-state index contributed by atoms with van der Waals surface area (Å²) in [5, 5.41) is 49.9. The number of hydrogen-bond donors (Lipinski definition) is 14. The molecule has 8 atom stereocenters. The van der Waals surface area contributed by atoms with Gasteiger partial charge in [-0.3, -0.25) is 44.4 Å². The van der Waals surface area contributed by atoms with Crippen LogP contribution in [0.4, 0.5) is 0 Å². The van der Waals surface area contributed by atoms with Crippen molar-refractivity contribution < 1.29 is 43.5 Å². The minimum atomic E-state index is -1.29. The number of carbonyl (C=O) groups is 8. The molecule has 2 heterocycles. The largest absolute Gasteiger partial charge is 0.480 e. The maximum absolute atomic E-state index is 14.6. The van der Waals surface area contributed by atoms with Gasteiger partial charge in [-0.25, -0.2) is 4.79 Å². The molecule has 0 bridgehead atoms. The number of nitrogens with one attached hydrogen (secondary N) is 11. The van der Waals surface area contributed by atoms with Crippen LogP contribution >= 0.6 is 0 Å². The number of benzene rings is 2. The van der Waals surface area contributed by atoms with E-state index in [-0.39, 0.29) is 76.0 Å². The summed E-state index contributed by atoms with van der Waals surface area (Å²) < 4.78 is 0. The van der Waals surface area contributed by atoms with Crippen molar-refractivity contribution in [3.05, 3.63) is 71.8 Å². The molecule has 0 spiro atoms. The second-order valence-corrected chi connectivity index (χ2v) is 18.5. The van der Waals surface area contributed by atoms with Crippen molar-refractivity contribution in [2.24, 2.45) is 11.5 Å². The van der Waals surface area contributed by atoms with E-state index in [1.54, 1.807) is 30.3 Å². The normalized spacial score (nSPS) is 17.5. The highest BCUT2D eigenvalue weighted by Gasteiger charge is 2.39. The third kappa shape index (κ3) is 20.0. The first-order valence-electron chi connectivity index (χ1n) is 25.3. The molecule has 0 aromatic heterocycles. The molecule has 7 amide bonds. The summed E-state index contributed by atoms with van der Waals surface area (Å²) in [5.74, 6) is -6.17. The zero-order valence-electron chi connectivity index (χ0n) is 41.9. The molecule has 0 aliphatic carbocycles. The van der Waals surface area contributed by atoms with E-state index < -0.39 is 89.7 Å². The number of nitrogens with two attached hydrogens (primary N) is 2. The van der Waals surface area contributed by atoms with Gasteiger partial charge in [-0.1, -0.05) is 80.4 Å². The molecule has 400 valence electrons. The average molecular weight is 1020 g/mol. The molecule has 4 rings (SSSR count). The predicted molar refractivity (Wildman–Crippen MR) is 273 cm³/mol. The number of unbranched alkanes of at least 4 members (excludes halogenated alkanes) is 1. The molecule has 2 aromatic rings. The Balaban J connectivity index is 1.58. The zero-order chi connectivity index (χ0) is 53.3. The number of rotatable bonds is 30. The fourth-order valence-corrected chi connectivity index (χ4v) is 8.71. The van der Waals surface area contributed by atoms with Gasteiger partial charge in [0.1, 0.15) is 42.3 Å². The summed E-state index contributed by atoms with van der Waals surface area (Å²) in [5.41, 5.74) is 12.5. The van der Waals surface area contributed by atoms with Crippen LogP contribution < -0.4 is 59.3 Å². The molecular formula is C50H76N14O9. The summed E-state index contributed by atoms with van der Waals surface area (Å²) in [6.07, 6.45) is 4.72. The van der Waals surface area contributed by atoms with Crippen molar-refractivity contribution in [3.63, 3.8) is 0 Å². The van der Waals surface area contributed by atoms with E-state index in [1.807, 2.05) is 37.3 Å². The Labute approximate surface area is 426 Å². The molecule has 0 radical (unpaired) electrons. The van der Waals surface area contributed by atoms with Crippen LogP contribution in [0.1, 0.15) is 102 Å². The fraction of sp³-hybridized carbons (Fsp3) is 0.560. The van der Waals surface area contributed by atoms with Crippen molar-refractivity contribution in [1.29, 1.82) is 10.8 Å². The van der Waals surface area contributed by atoms with Crippen molar-refractivity contribution in [3.8, 4) is 0 Å². The first kappa shape index (κ1) is 58.3. The first-order chi connectivity index (χ1) is 35.0. The lowest BCUT2D eigenvalue weighted by Gasteiger charge is -2.29. The number of carboxylic acids is 1. The van der Waals surface area contributed by atoms with E-state index in [2.05, 4.69) is 47.9 Å². The van der Waals surface area contributed by atoms with E-state index in [4.69, 9.17) is 22.3 Å². The Bertz CT molecular complexity index is 2180. The average Bonchev–Trinajstić information content (AvgIpc) is 4.10. The van der Waals surface area contributed by atoms with Gasteiger partial charge in [-0.05, 0) is 95.2 Å². The molecule has 0 saturated carbocycles. The number of nitrogens with zero attached hydrogens (tertiary/aromatic N) is 1. The maximum Gasteiger partial charge on any atom is 0.326 e. The van der Waals surface area contributed by atoms with Gasteiger partial charge in [0.15, 0.2) is 11.9 Å². The molecule has 16 N–H and O–H groups in total. The Kier molecular flexibility index (Phi) is 24.4. The van der Waals surface area contributed by atoms with Crippen LogP contribution in [0.5, 0.6) is 0 Å². The number of carbonyl (C=O) groups excluding carboxylic acids is 7. The van der Waals surface area contributed by atoms with E-state index in [0.717, 1.165) is 12.0 Å². The number of carboxylic acid groups (broad SMARTS) is 1. The number of amides is 7. The quantitative estimate of drug-likeness (QED) is 0.0263. The Morgan fingerprint density at radius 3 is 1.70 bits per heavy atom. The van der Waals surface area contributed by atoms with Gasteiger partial charge in [-0.15, -0.1) is 0 Å². The van der Waals surface area contributed by atoms with Gasteiger partial charge >= 0.3 is 5.97 Å². The summed E-state index contributed by atoms with van der Waals surface area (Å²) in [4.78, 5) is 111. The Morgan fingerprint density at radius 2 is 1.15 bits per heavy atom. The van der Waals surface area contributed by atoms with Crippen LogP contribution in [0.2, 0.25) is 0 Å². The van der Waals surface area contributed by atoms with Crippen molar-refractivity contribution in [2.45, 2.75) is 152 Å². The lowest BCUT2D eigenvalue weighted by molar-refractivity contribution is -0.149. The second kappa shape index (κ2) is 30.6. The number of aliphatic carboxylic acids is 1. The second-order valence-electron chi connectivity index (χ2n) is 18.5. The highest BCUT2D eigenvalue weighted by Crippen LogP contribution is 2.20. The summed E-state index contributed by atoms with van der Waals surface area (Å²) in [7, 11) is 0. The Morgan fingerprint density at radius 1 is 0.644 bits per heavy atom. The molecule has 23 heteroatoms. The summed E-state index contributed by atoms with van der Waals surface area (Å²) in [6.45, 7) is 4.61. The van der Waals surface area contributed by atoms with Crippen LogP contribution in [0.15, 0.2) is 60.7 Å². The monoisotopic (exact) mass is 1020 g/mol. The summed E-state index contributed by atoms with van der Waals surface area (Å²) in [6, 6.07) is 9.45. The molecule has 2 aromatic carbocycles. The standard InChI is InChI=1S/C50H76N14O9/c1-3-4-19-38(47(71)64-29-14-23-40(64)48(72)73)62-41(65)31(2)58-43(67)35(21-12-27-56-49(51)52)60-45(69)37(25-24-32-15-7-5-8-16-32)61-46(70)39(30-33-17-9-6-10-18-33)63-44(68)36(22-13-28-57-50(53)54)59-42(66)34-20-11-26-55-34/h5-10,15-18,31,34-40,55H,3-4,11-14,19-30H2,1-2H3,(H,58,67)(H,59,66)(H,60,69)(H,61,70)(H,62,65)(H,63,68)(H,72,73)(H4,51,52,56)(H4,53,54,57)/t31-,34-,35-,36-,37-,38-,39-,40+/m0/s1. The van der Waals surface area contributed by atoms with Gasteiger partial charge in [-0.2, -0.15) is 0 Å². The molecule has 2 fully saturated rings. The van der Waals surface area contributed by atoms with Crippen LogP contribution in [0, 0.1) is 10.8 Å². The molecule has 2 aliphatic heterocycles. The van der Waals surface area contributed by atoms with Gasteiger partial charge in [0.2, 0.25) is 41.4 Å². The van der Waals surface area contributed by atoms with Gasteiger partial charge in [0.05, 0.1) is 6.04 Å². The van der Waals surface area contributed by atoms with Crippen molar-refractivity contribution >= 4 is 59.2 Å². The highest BCUT2D eigenvalue weighted by atomic mass is 16.4. The molecule has 2 aliphatic rings. The highest BCUT2D eigenvalue weighted by molar-refractivity contribution is 5.97. The third-order valence-corrected chi connectivity index (χ3v) is 12.8. The molecule has 2 saturated heterocycles. The van der Waals surface area contributed by atoms with E-state index >= 15 is 0 Å². The third-order valence-electron chi connectivity index (χ3n) is 12.8. The molecule has 73 heavy (non-hydrogen) atoms. The lowest BCUT2D eigenvalue weighted by atomic mass is 10.0. The van der Waals surface area contributed by atoms with Gasteiger partial charge in [0.25, 0.3) is 0 Å². The number of hydrogen-bond acceptors (Lipinski definition) is 11. The summed E-state index contributed by atoms with van der Waals surface area (Å²) >= 11 is 0.